The van der Waals surface area contributed by atoms with E-state index < -0.39 is 22.1 Å². The molecule has 0 aromatic heterocycles. The van der Waals surface area contributed by atoms with E-state index in [2.05, 4.69) is 0 Å². The Morgan fingerprint density at radius 1 is 1.29 bits per heavy atom. The maximum Gasteiger partial charge on any atom is 0.309 e. The highest BCUT2D eigenvalue weighted by Gasteiger charge is 2.62. The minimum atomic E-state index is -0.814. The molecular formula is C11H15NO5. The molecule has 1 N–H and O–H groups in total. The lowest BCUT2D eigenvalue weighted by Gasteiger charge is -2.58. The van der Waals surface area contributed by atoms with Crippen LogP contribution in [0.15, 0.2) is 0 Å². The largest absolute Gasteiger partial charge is 0.481 e. The molecule has 4 aliphatic rings. The zero-order valence-electron chi connectivity index (χ0n) is 9.42. The Morgan fingerprint density at radius 2 is 1.88 bits per heavy atom. The zero-order valence-corrected chi connectivity index (χ0v) is 9.42. The Balaban J connectivity index is 1.94. The minimum absolute atomic E-state index is 0.285. The summed E-state index contributed by atoms with van der Waals surface area (Å²) >= 11 is 0. The molecule has 94 valence electrons. The van der Waals surface area contributed by atoms with Crippen LogP contribution in [-0.2, 0) is 9.63 Å². The van der Waals surface area contributed by atoms with Gasteiger partial charge in [0.25, 0.3) is 5.09 Å². The number of carboxylic acid groups (broad SMARTS) is 1. The fourth-order valence-electron chi connectivity index (χ4n) is 4.69. The van der Waals surface area contributed by atoms with E-state index in [1.54, 1.807) is 0 Å². The van der Waals surface area contributed by atoms with Crippen molar-refractivity contribution in [1.29, 1.82) is 0 Å². The van der Waals surface area contributed by atoms with Crippen LogP contribution in [0.2, 0.25) is 0 Å². The second-order valence-corrected chi connectivity index (χ2v) is 6.04. The molecule has 0 aromatic rings. The Morgan fingerprint density at radius 3 is 2.35 bits per heavy atom. The third-order valence-corrected chi connectivity index (χ3v) is 4.73. The molecule has 0 unspecified atom stereocenters. The number of aliphatic carboxylic acids is 1. The fraction of sp³-hybridized carbons (Fsp3) is 0.909. The van der Waals surface area contributed by atoms with Crippen molar-refractivity contribution in [1.82, 2.24) is 0 Å². The summed E-state index contributed by atoms with van der Waals surface area (Å²) in [6.07, 6.45) is 3.96. The fourth-order valence-corrected chi connectivity index (χ4v) is 4.69. The summed E-state index contributed by atoms with van der Waals surface area (Å²) in [6, 6.07) is 0. The van der Waals surface area contributed by atoms with E-state index in [1.165, 1.54) is 0 Å². The van der Waals surface area contributed by atoms with Gasteiger partial charge in [-0.25, -0.2) is 0 Å². The van der Waals surface area contributed by atoms with E-state index in [4.69, 9.17) is 4.84 Å². The first-order valence-electron chi connectivity index (χ1n) is 6.00. The van der Waals surface area contributed by atoms with Crippen molar-refractivity contribution in [3.63, 3.8) is 0 Å². The molecule has 0 radical (unpaired) electrons. The van der Waals surface area contributed by atoms with E-state index in [0.717, 1.165) is 6.42 Å². The highest BCUT2D eigenvalue weighted by atomic mass is 17.0. The van der Waals surface area contributed by atoms with Crippen molar-refractivity contribution in [2.75, 3.05) is 0 Å². The van der Waals surface area contributed by atoms with Crippen LogP contribution in [0, 0.1) is 27.4 Å². The van der Waals surface area contributed by atoms with E-state index in [0.29, 0.717) is 32.1 Å². The van der Waals surface area contributed by atoms with Crippen LogP contribution >= 0.6 is 0 Å². The first-order chi connectivity index (χ1) is 7.93. The highest BCUT2D eigenvalue weighted by Crippen LogP contribution is 2.62. The van der Waals surface area contributed by atoms with E-state index in [9.17, 15) is 20.0 Å². The Hall–Kier alpha value is -1.33. The van der Waals surface area contributed by atoms with Crippen LogP contribution in [-0.4, -0.2) is 21.8 Å². The molecule has 0 saturated heterocycles. The predicted octanol–water partition coefficient (Wildman–Crippen LogP) is 1.62. The van der Waals surface area contributed by atoms with E-state index >= 15 is 0 Å². The van der Waals surface area contributed by atoms with Gasteiger partial charge in [0.2, 0.25) is 0 Å². The lowest BCUT2D eigenvalue weighted by molar-refractivity contribution is -0.785. The quantitative estimate of drug-likeness (QED) is 0.599. The lowest BCUT2D eigenvalue weighted by Crippen LogP contribution is -2.59. The SMILES string of the molecule is O=C(O)C12C[C@@H]3C[C@H](CC(O[N+](=O)[O-])(C3)C1)C2. The molecule has 0 amide bonds. The summed E-state index contributed by atoms with van der Waals surface area (Å²) < 4.78 is 0. The third-order valence-electron chi connectivity index (χ3n) is 4.73. The molecule has 0 aliphatic heterocycles. The average molecular weight is 241 g/mol. The lowest BCUT2D eigenvalue weighted by atomic mass is 9.48. The van der Waals surface area contributed by atoms with Gasteiger partial charge in [0.05, 0.1) is 5.41 Å². The number of nitrogens with zero attached hydrogens (tertiary/aromatic N) is 1. The van der Waals surface area contributed by atoms with Crippen LogP contribution in [0.4, 0.5) is 0 Å². The number of hydrogen-bond donors (Lipinski definition) is 1. The van der Waals surface area contributed by atoms with E-state index in [1.807, 2.05) is 0 Å². The number of rotatable bonds is 3. The Bertz CT molecular complexity index is 379. The monoisotopic (exact) mass is 241 g/mol. The number of carboxylic acids is 1. The van der Waals surface area contributed by atoms with Gasteiger partial charge in [-0.15, -0.1) is 10.1 Å². The molecule has 4 rings (SSSR count). The summed E-state index contributed by atoms with van der Waals surface area (Å²) in [6.45, 7) is 0. The number of hydrogen-bond acceptors (Lipinski definition) is 4. The van der Waals surface area contributed by atoms with Crippen molar-refractivity contribution < 1.29 is 19.8 Å². The van der Waals surface area contributed by atoms with Crippen molar-refractivity contribution in [3.05, 3.63) is 10.1 Å². The topological polar surface area (TPSA) is 89.7 Å². The number of carbonyl (C=O) groups is 1. The molecule has 4 saturated carbocycles. The van der Waals surface area contributed by atoms with E-state index in [-0.39, 0.29) is 11.8 Å². The zero-order chi connectivity index (χ0) is 12.3. The smallest absolute Gasteiger partial charge is 0.309 e. The van der Waals surface area contributed by atoms with Crippen molar-refractivity contribution in [2.45, 2.75) is 44.1 Å². The van der Waals surface area contributed by atoms with Crippen LogP contribution < -0.4 is 0 Å². The van der Waals surface area contributed by atoms with Gasteiger partial charge in [-0.1, -0.05) is 0 Å². The summed E-state index contributed by atoms with van der Waals surface area (Å²) in [5, 5.41) is 19.2. The molecule has 6 heteroatoms. The first kappa shape index (κ1) is 10.8. The maximum atomic E-state index is 11.5. The maximum absolute atomic E-state index is 11.5. The van der Waals surface area contributed by atoms with Gasteiger partial charge in [-0.3, -0.25) is 4.79 Å². The molecule has 4 aliphatic carbocycles. The first-order valence-corrected chi connectivity index (χ1v) is 6.00. The summed E-state index contributed by atoms with van der Waals surface area (Å²) in [5.41, 5.74) is -1.58. The van der Waals surface area contributed by atoms with Gasteiger partial charge in [0.15, 0.2) is 0 Å². The Kier molecular flexibility index (Phi) is 1.98. The van der Waals surface area contributed by atoms with Crippen LogP contribution in [0.5, 0.6) is 0 Å². The normalized spacial score (nSPS) is 46.8. The van der Waals surface area contributed by atoms with Crippen molar-refractivity contribution >= 4 is 5.97 Å². The van der Waals surface area contributed by atoms with Gasteiger partial charge >= 0.3 is 5.97 Å². The predicted molar refractivity (Wildman–Crippen MR) is 55.6 cm³/mol. The van der Waals surface area contributed by atoms with Crippen molar-refractivity contribution in [2.24, 2.45) is 17.3 Å². The summed E-state index contributed by atoms with van der Waals surface area (Å²) in [4.78, 5) is 26.9. The van der Waals surface area contributed by atoms with Gasteiger partial charge in [0.1, 0.15) is 5.60 Å². The van der Waals surface area contributed by atoms with Gasteiger partial charge in [-0.2, -0.15) is 0 Å². The second kappa shape index (κ2) is 3.11. The standard InChI is InChI=1S/C11H15NO5/c13-9(14)10-2-7-1-8(3-10)5-11(4-7,6-10)17-12(15)16/h7-8H,1-6H2,(H,13,14)/t7-,8-,10?,11?/m0/s1. The Labute approximate surface area is 98.0 Å². The minimum Gasteiger partial charge on any atom is -0.481 e. The second-order valence-electron chi connectivity index (χ2n) is 6.04. The van der Waals surface area contributed by atoms with Crippen LogP contribution in [0.1, 0.15) is 38.5 Å². The molecule has 4 bridgehead atoms. The van der Waals surface area contributed by atoms with Crippen LogP contribution in [0.25, 0.3) is 0 Å². The molecular weight excluding hydrogens is 226 g/mol. The van der Waals surface area contributed by atoms with Crippen molar-refractivity contribution in [3.8, 4) is 0 Å². The summed E-state index contributed by atoms with van der Waals surface area (Å²) in [5.74, 6) is -0.234. The molecule has 0 aromatic carbocycles. The molecule has 17 heavy (non-hydrogen) atoms. The molecule has 6 nitrogen and oxygen atoms in total. The van der Waals surface area contributed by atoms with Gasteiger partial charge in [0, 0.05) is 0 Å². The van der Waals surface area contributed by atoms with Gasteiger partial charge < -0.3 is 9.94 Å². The molecule has 0 spiro atoms. The molecule has 4 fully saturated rings. The molecule has 2 atom stereocenters. The highest BCUT2D eigenvalue weighted by molar-refractivity contribution is 5.75. The van der Waals surface area contributed by atoms with Crippen LogP contribution in [0.3, 0.4) is 0 Å². The third kappa shape index (κ3) is 1.50. The average Bonchev–Trinajstić information content (AvgIpc) is 2.12. The molecule has 0 heterocycles. The summed E-state index contributed by atoms with van der Waals surface area (Å²) in [7, 11) is 0. The van der Waals surface area contributed by atoms with Gasteiger partial charge in [-0.05, 0) is 50.4 Å².